The first-order valence-corrected chi connectivity index (χ1v) is 9.12. The Hall–Kier alpha value is -0.910. The monoisotopic (exact) mass is 376 g/mol. The number of aromatic carboxylic acids is 1. The molecular weight excluding hydrogens is 367 g/mol. The zero-order valence-corrected chi connectivity index (χ0v) is 13.4. The van der Waals surface area contributed by atoms with E-state index in [4.69, 9.17) is 33.4 Å². The zero-order valence-electron chi connectivity index (χ0n) is 10.2. The van der Waals surface area contributed by atoms with Gasteiger partial charge in [0.25, 0.3) is 0 Å². The van der Waals surface area contributed by atoms with Crippen molar-refractivity contribution in [2.45, 2.75) is 4.90 Å². The van der Waals surface area contributed by atoms with Gasteiger partial charge >= 0.3 is 5.97 Å². The van der Waals surface area contributed by atoms with E-state index in [1.54, 1.807) is 0 Å². The lowest BCUT2D eigenvalue weighted by Crippen LogP contribution is -2.31. The fourth-order valence-corrected chi connectivity index (χ4v) is 3.80. The van der Waals surface area contributed by atoms with E-state index in [0.29, 0.717) is 0 Å². The van der Waals surface area contributed by atoms with E-state index in [-0.39, 0.29) is 5.02 Å². The molecular formula is C9H10Cl2N2O6S2. The molecule has 8 nitrogen and oxygen atoms in total. The maximum atomic E-state index is 12.0. The van der Waals surface area contributed by atoms with E-state index < -0.39 is 53.8 Å². The van der Waals surface area contributed by atoms with E-state index in [2.05, 4.69) is 0 Å². The molecule has 0 fully saturated rings. The van der Waals surface area contributed by atoms with Crippen LogP contribution in [0.25, 0.3) is 0 Å². The van der Waals surface area contributed by atoms with Gasteiger partial charge in [-0.25, -0.2) is 31.5 Å². The van der Waals surface area contributed by atoms with Crippen LogP contribution in [0.2, 0.25) is 10.0 Å². The molecule has 12 heteroatoms. The van der Waals surface area contributed by atoms with Crippen LogP contribution < -0.4 is 9.86 Å². The molecule has 0 bridgehead atoms. The van der Waals surface area contributed by atoms with Crippen LogP contribution in [0.5, 0.6) is 0 Å². The van der Waals surface area contributed by atoms with Crippen molar-refractivity contribution in [1.29, 1.82) is 0 Å². The third-order valence-electron chi connectivity index (χ3n) is 2.24. The minimum atomic E-state index is -4.21. The summed E-state index contributed by atoms with van der Waals surface area (Å²) < 4.78 is 47.3. The van der Waals surface area contributed by atoms with Crippen molar-refractivity contribution in [3.63, 3.8) is 0 Å². The molecule has 118 valence electrons. The lowest BCUT2D eigenvalue weighted by atomic mass is 10.2. The number of halogens is 2. The van der Waals surface area contributed by atoms with Crippen LogP contribution in [-0.2, 0) is 20.0 Å². The molecule has 0 spiro atoms. The number of hydrogen-bond donors (Lipinski definition) is 3. The van der Waals surface area contributed by atoms with Crippen molar-refractivity contribution in [3.05, 3.63) is 27.7 Å². The Morgan fingerprint density at radius 3 is 2.29 bits per heavy atom. The number of carboxylic acid groups (broad SMARTS) is 1. The molecule has 0 amide bonds. The first kappa shape index (κ1) is 18.1. The van der Waals surface area contributed by atoms with Gasteiger partial charge in [0.05, 0.1) is 21.4 Å². The predicted octanol–water partition coefficient (Wildman–Crippen LogP) is 0.258. The summed E-state index contributed by atoms with van der Waals surface area (Å²) in [7, 11) is -8.05. The summed E-state index contributed by atoms with van der Waals surface area (Å²) in [5, 5.41) is 12.9. The van der Waals surface area contributed by atoms with Crippen molar-refractivity contribution in [3.8, 4) is 0 Å². The van der Waals surface area contributed by atoms with Gasteiger partial charge in [-0.1, -0.05) is 23.2 Å². The van der Waals surface area contributed by atoms with Crippen molar-refractivity contribution in [1.82, 2.24) is 4.72 Å². The van der Waals surface area contributed by atoms with Crippen LogP contribution in [0.3, 0.4) is 0 Å². The number of rotatable bonds is 6. The van der Waals surface area contributed by atoms with Crippen molar-refractivity contribution < 1.29 is 26.7 Å². The number of primary sulfonamides is 1. The Morgan fingerprint density at radius 1 is 1.24 bits per heavy atom. The highest BCUT2D eigenvalue weighted by molar-refractivity contribution is 7.90. The number of carbonyl (C=O) groups is 1. The number of sulfonamides is 2. The van der Waals surface area contributed by atoms with Gasteiger partial charge in [-0.3, -0.25) is 0 Å². The van der Waals surface area contributed by atoms with Crippen molar-refractivity contribution in [2.24, 2.45) is 5.14 Å². The lowest BCUT2D eigenvalue weighted by molar-refractivity contribution is 0.0697. The quantitative estimate of drug-likeness (QED) is 0.649. The molecule has 0 aliphatic heterocycles. The van der Waals surface area contributed by atoms with Crippen molar-refractivity contribution in [2.75, 3.05) is 12.3 Å². The number of nitrogens with one attached hydrogen (secondary N) is 1. The average Bonchev–Trinajstić information content (AvgIpc) is 2.25. The van der Waals surface area contributed by atoms with E-state index in [0.717, 1.165) is 12.1 Å². The fourth-order valence-electron chi connectivity index (χ4n) is 1.33. The topological polar surface area (TPSA) is 144 Å². The lowest BCUT2D eigenvalue weighted by Gasteiger charge is -2.10. The molecule has 0 heterocycles. The third kappa shape index (κ3) is 4.80. The van der Waals surface area contributed by atoms with Crippen LogP contribution in [0.15, 0.2) is 17.0 Å². The largest absolute Gasteiger partial charge is 0.478 e. The van der Waals surface area contributed by atoms with Gasteiger partial charge in [0, 0.05) is 6.54 Å². The van der Waals surface area contributed by atoms with Crippen LogP contribution in [-0.4, -0.2) is 40.2 Å². The second-order valence-corrected chi connectivity index (χ2v) is 8.06. The second kappa shape index (κ2) is 6.46. The normalized spacial score (nSPS) is 12.3. The molecule has 0 aromatic heterocycles. The molecule has 0 atom stereocenters. The van der Waals surface area contributed by atoms with Gasteiger partial charge in [-0.05, 0) is 12.1 Å². The minimum absolute atomic E-state index is 0.226. The smallest absolute Gasteiger partial charge is 0.338 e. The molecule has 0 unspecified atom stereocenters. The zero-order chi connectivity index (χ0) is 16.4. The Kier molecular flexibility index (Phi) is 5.58. The van der Waals surface area contributed by atoms with Crippen LogP contribution in [0.1, 0.15) is 10.4 Å². The average molecular weight is 377 g/mol. The molecule has 1 aromatic rings. The van der Waals surface area contributed by atoms with E-state index in [9.17, 15) is 21.6 Å². The highest BCUT2D eigenvalue weighted by Crippen LogP contribution is 2.30. The Bertz CT molecular complexity index is 776. The molecule has 1 aromatic carbocycles. The van der Waals surface area contributed by atoms with Gasteiger partial charge in [-0.2, -0.15) is 0 Å². The highest BCUT2D eigenvalue weighted by Gasteiger charge is 2.24. The second-order valence-electron chi connectivity index (χ2n) is 3.80. The van der Waals surface area contributed by atoms with Gasteiger partial charge in [0.1, 0.15) is 4.90 Å². The molecule has 1 rings (SSSR count). The minimum Gasteiger partial charge on any atom is -0.478 e. The Morgan fingerprint density at radius 2 is 1.81 bits per heavy atom. The molecule has 0 saturated carbocycles. The number of hydrogen-bond acceptors (Lipinski definition) is 5. The SMILES string of the molecule is NS(=O)(=O)CCNS(=O)(=O)c1ccc(Cl)c(C(=O)O)c1Cl. The molecule has 0 radical (unpaired) electrons. The number of carboxylic acids is 1. The molecule has 4 N–H and O–H groups in total. The first-order chi connectivity index (χ1) is 9.46. The molecule has 0 aliphatic rings. The van der Waals surface area contributed by atoms with Crippen LogP contribution >= 0.6 is 23.2 Å². The number of benzene rings is 1. The van der Waals surface area contributed by atoms with E-state index >= 15 is 0 Å². The summed E-state index contributed by atoms with van der Waals surface area (Å²) in [6.07, 6.45) is 0. The van der Waals surface area contributed by atoms with Gasteiger partial charge in [-0.15, -0.1) is 0 Å². The van der Waals surface area contributed by atoms with Crippen LogP contribution in [0.4, 0.5) is 0 Å². The Labute approximate surface area is 130 Å². The van der Waals surface area contributed by atoms with Gasteiger partial charge < -0.3 is 5.11 Å². The van der Waals surface area contributed by atoms with E-state index in [1.807, 2.05) is 4.72 Å². The van der Waals surface area contributed by atoms with E-state index in [1.165, 1.54) is 0 Å². The molecule has 0 aliphatic carbocycles. The summed E-state index contributed by atoms with van der Waals surface area (Å²) in [4.78, 5) is 10.5. The summed E-state index contributed by atoms with van der Waals surface area (Å²) >= 11 is 11.4. The third-order valence-corrected chi connectivity index (χ3v) is 5.33. The molecule has 21 heavy (non-hydrogen) atoms. The standard InChI is InChI=1S/C9H10Cl2N2O6S2/c10-5-1-2-6(8(11)7(5)9(14)15)21(18,19)13-3-4-20(12,16)17/h1-2,13H,3-4H2,(H,14,15)(H2,12,16,17). The summed E-state index contributed by atoms with van der Waals surface area (Å²) in [6, 6.07) is 2.07. The highest BCUT2D eigenvalue weighted by atomic mass is 35.5. The van der Waals surface area contributed by atoms with Gasteiger partial charge in [0.2, 0.25) is 20.0 Å². The summed E-state index contributed by atoms with van der Waals surface area (Å²) in [6.45, 7) is -0.484. The molecule has 0 saturated heterocycles. The maximum absolute atomic E-state index is 12.0. The fraction of sp³-hybridized carbons (Fsp3) is 0.222. The van der Waals surface area contributed by atoms with Crippen LogP contribution in [0, 0.1) is 0 Å². The maximum Gasteiger partial charge on any atom is 0.338 e. The predicted molar refractivity (Wildman–Crippen MR) is 76.6 cm³/mol. The Balaban J connectivity index is 3.15. The number of nitrogens with two attached hydrogens (primary N) is 1. The van der Waals surface area contributed by atoms with Crippen molar-refractivity contribution >= 4 is 49.2 Å². The summed E-state index contributed by atoms with van der Waals surface area (Å²) in [5.41, 5.74) is -0.562. The van der Waals surface area contributed by atoms with Gasteiger partial charge in [0.15, 0.2) is 0 Å². The summed E-state index contributed by atoms with van der Waals surface area (Å²) in [5.74, 6) is -2.12. The first-order valence-electron chi connectivity index (χ1n) is 5.17.